The second-order valence-electron chi connectivity index (χ2n) is 10.1. The summed E-state index contributed by atoms with van der Waals surface area (Å²) in [5.41, 5.74) is 7.10. The topological polar surface area (TPSA) is 89.4 Å². The van der Waals surface area contributed by atoms with Crippen molar-refractivity contribution < 1.29 is 9.21 Å². The molecule has 39 heavy (non-hydrogen) atoms. The summed E-state index contributed by atoms with van der Waals surface area (Å²) in [6, 6.07) is 22.1. The molecule has 6 rings (SSSR count). The molecule has 3 aromatic heterocycles. The molecule has 5 aromatic rings. The van der Waals surface area contributed by atoms with Crippen molar-refractivity contribution in [3.63, 3.8) is 0 Å². The molecule has 1 aliphatic rings. The van der Waals surface area contributed by atoms with E-state index in [1.807, 2.05) is 42.7 Å². The van der Waals surface area contributed by atoms with Gasteiger partial charge in [0.05, 0.1) is 12.8 Å². The summed E-state index contributed by atoms with van der Waals surface area (Å²) in [5, 5.41) is 6.75. The number of nitrogens with zero attached hydrogens (tertiary/aromatic N) is 3. The Kier molecular flexibility index (Phi) is 7.12. The highest BCUT2D eigenvalue weighted by Crippen LogP contribution is 2.32. The van der Waals surface area contributed by atoms with Crippen LogP contribution >= 0.6 is 0 Å². The highest BCUT2D eigenvalue weighted by atomic mass is 16.3. The first-order valence-corrected chi connectivity index (χ1v) is 13.3. The Balaban J connectivity index is 1.17. The zero-order chi connectivity index (χ0) is 26.6. The first-order valence-electron chi connectivity index (χ1n) is 13.3. The molecule has 4 heterocycles. The molecular weight excluding hydrogens is 488 g/mol. The van der Waals surface area contributed by atoms with E-state index in [1.165, 1.54) is 5.56 Å². The second-order valence-corrected chi connectivity index (χ2v) is 10.1. The molecule has 2 aromatic carbocycles. The number of fused-ring (bicyclic) bond motifs is 1. The lowest BCUT2D eigenvalue weighted by molar-refractivity contribution is 0.148. The molecule has 0 spiro atoms. The van der Waals surface area contributed by atoms with E-state index in [9.17, 15) is 4.79 Å². The maximum Gasteiger partial charge on any atom is 0.319 e. The number of pyridine rings is 1. The van der Waals surface area contributed by atoms with E-state index in [-0.39, 0.29) is 6.03 Å². The van der Waals surface area contributed by atoms with Gasteiger partial charge in [0, 0.05) is 67.3 Å². The highest BCUT2D eigenvalue weighted by Gasteiger charge is 2.14. The Morgan fingerprint density at radius 3 is 2.62 bits per heavy atom. The first-order chi connectivity index (χ1) is 19.1. The van der Waals surface area contributed by atoms with Crippen molar-refractivity contribution in [2.75, 3.05) is 38.5 Å². The molecule has 8 nitrogen and oxygen atoms in total. The maximum atomic E-state index is 12.4. The number of aromatic nitrogens is 2. The number of aromatic amines is 1. The van der Waals surface area contributed by atoms with Gasteiger partial charge in [-0.25, -0.2) is 9.78 Å². The Morgan fingerprint density at radius 2 is 1.82 bits per heavy atom. The van der Waals surface area contributed by atoms with Crippen molar-refractivity contribution in [2.24, 2.45) is 0 Å². The Bertz CT molecular complexity index is 1550. The molecule has 0 unspecified atom stereocenters. The van der Waals surface area contributed by atoms with Crippen LogP contribution in [0.25, 0.3) is 33.3 Å². The van der Waals surface area contributed by atoms with E-state index in [2.05, 4.69) is 67.8 Å². The predicted octanol–water partition coefficient (Wildman–Crippen LogP) is 5.56. The number of piperazine rings is 1. The normalized spacial score (nSPS) is 14.5. The van der Waals surface area contributed by atoms with Crippen LogP contribution in [0.15, 0.2) is 89.8 Å². The third kappa shape index (κ3) is 5.87. The summed E-state index contributed by atoms with van der Waals surface area (Å²) < 4.78 is 5.27. The van der Waals surface area contributed by atoms with Crippen LogP contribution in [0.4, 0.5) is 10.5 Å². The lowest BCUT2D eigenvalue weighted by atomic mass is 10.0. The SMILES string of the molecule is CN1CCN(Cc2ccc(-c3cnc4[nH]cc(-c5cccc(NC(=O)NCc6ccco6)c5)c4c3)cc2)CC1. The standard InChI is InChI=1S/C31H32N6O2/c1-36-11-13-37(14-12-36)21-22-7-9-23(10-8-22)25-17-28-29(20-33-30(28)32-18-25)24-4-2-5-26(16-24)35-31(38)34-19-27-6-3-15-39-27/h2-10,15-18,20H,11-14,19,21H2,1H3,(H,32,33)(H2,34,35,38). The van der Waals surface area contributed by atoms with Gasteiger partial charge in [0.25, 0.3) is 0 Å². The minimum Gasteiger partial charge on any atom is -0.467 e. The summed E-state index contributed by atoms with van der Waals surface area (Å²) >= 11 is 0. The molecule has 1 saturated heterocycles. The number of nitrogens with one attached hydrogen (secondary N) is 3. The molecule has 0 atom stereocenters. The number of anilines is 1. The fourth-order valence-corrected chi connectivity index (χ4v) is 4.99. The van der Waals surface area contributed by atoms with Gasteiger partial charge < -0.3 is 24.9 Å². The number of hydrogen-bond donors (Lipinski definition) is 3. The van der Waals surface area contributed by atoms with Gasteiger partial charge in [0.15, 0.2) is 0 Å². The third-order valence-corrected chi connectivity index (χ3v) is 7.26. The Labute approximate surface area is 227 Å². The van der Waals surface area contributed by atoms with Crippen molar-refractivity contribution >= 4 is 22.8 Å². The molecule has 1 fully saturated rings. The molecule has 0 bridgehead atoms. The van der Waals surface area contributed by atoms with E-state index in [0.717, 1.165) is 66.0 Å². The summed E-state index contributed by atoms with van der Waals surface area (Å²) in [6.45, 7) is 5.79. The smallest absolute Gasteiger partial charge is 0.319 e. The predicted molar refractivity (Wildman–Crippen MR) is 154 cm³/mol. The molecule has 0 radical (unpaired) electrons. The Hall–Kier alpha value is -4.40. The third-order valence-electron chi connectivity index (χ3n) is 7.26. The van der Waals surface area contributed by atoms with E-state index in [4.69, 9.17) is 4.42 Å². The zero-order valence-corrected chi connectivity index (χ0v) is 22.0. The van der Waals surface area contributed by atoms with Gasteiger partial charge in [0.1, 0.15) is 11.4 Å². The van der Waals surface area contributed by atoms with Crippen molar-refractivity contribution in [1.29, 1.82) is 0 Å². The van der Waals surface area contributed by atoms with Crippen molar-refractivity contribution in [3.8, 4) is 22.3 Å². The lowest BCUT2D eigenvalue weighted by Gasteiger charge is -2.32. The van der Waals surface area contributed by atoms with Crippen molar-refractivity contribution in [1.82, 2.24) is 25.1 Å². The number of amides is 2. The number of H-pyrrole nitrogens is 1. The van der Waals surface area contributed by atoms with Crippen molar-refractivity contribution in [2.45, 2.75) is 13.1 Å². The molecular formula is C31H32N6O2. The van der Waals surface area contributed by atoms with Crippen LogP contribution in [-0.4, -0.2) is 59.0 Å². The molecule has 0 aliphatic carbocycles. The van der Waals surface area contributed by atoms with Gasteiger partial charge in [0.2, 0.25) is 0 Å². The van der Waals surface area contributed by atoms with Crippen LogP contribution in [0.5, 0.6) is 0 Å². The number of rotatable bonds is 7. The largest absolute Gasteiger partial charge is 0.467 e. The molecule has 198 valence electrons. The highest BCUT2D eigenvalue weighted by molar-refractivity contribution is 5.97. The fraction of sp³-hybridized carbons (Fsp3) is 0.226. The van der Waals surface area contributed by atoms with E-state index in [0.29, 0.717) is 18.0 Å². The minimum absolute atomic E-state index is 0.289. The summed E-state index contributed by atoms with van der Waals surface area (Å²) in [4.78, 5) is 25.3. The number of carbonyl (C=O) groups excluding carboxylic acids is 1. The maximum absolute atomic E-state index is 12.4. The molecule has 8 heteroatoms. The van der Waals surface area contributed by atoms with E-state index >= 15 is 0 Å². The van der Waals surface area contributed by atoms with Crippen LogP contribution in [0.1, 0.15) is 11.3 Å². The summed E-state index contributed by atoms with van der Waals surface area (Å²) in [5.74, 6) is 0.700. The quantitative estimate of drug-likeness (QED) is 0.262. The van der Waals surface area contributed by atoms with Gasteiger partial charge in [-0.05, 0) is 54.1 Å². The van der Waals surface area contributed by atoms with Crippen LogP contribution in [-0.2, 0) is 13.1 Å². The Morgan fingerprint density at radius 1 is 0.974 bits per heavy atom. The molecule has 3 N–H and O–H groups in total. The van der Waals surface area contributed by atoms with Crippen LogP contribution in [0.3, 0.4) is 0 Å². The average Bonchev–Trinajstić information content (AvgIpc) is 3.64. The van der Waals surface area contributed by atoms with Gasteiger partial charge in [-0.3, -0.25) is 4.90 Å². The number of hydrogen-bond acceptors (Lipinski definition) is 5. The molecule has 0 saturated carbocycles. The van der Waals surface area contributed by atoms with Crippen LogP contribution < -0.4 is 10.6 Å². The summed E-state index contributed by atoms with van der Waals surface area (Å²) in [6.07, 6.45) is 5.47. The molecule has 2 amide bonds. The van der Waals surface area contributed by atoms with Crippen LogP contribution in [0, 0.1) is 0 Å². The van der Waals surface area contributed by atoms with Crippen molar-refractivity contribution in [3.05, 3.63) is 96.7 Å². The van der Waals surface area contributed by atoms with Gasteiger partial charge in [-0.1, -0.05) is 36.4 Å². The number of furan rings is 1. The van der Waals surface area contributed by atoms with Gasteiger partial charge in [-0.15, -0.1) is 0 Å². The van der Waals surface area contributed by atoms with E-state index in [1.54, 1.807) is 12.3 Å². The van der Waals surface area contributed by atoms with Gasteiger partial charge in [-0.2, -0.15) is 0 Å². The second kappa shape index (κ2) is 11.1. The number of urea groups is 1. The number of likely N-dealkylation sites (N-methyl/N-ethyl adjacent to an activating group) is 1. The summed E-state index contributed by atoms with van der Waals surface area (Å²) in [7, 11) is 2.18. The lowest BCUT2D eigenvalue weighted by Crippen LogP contribution is -2.43. The van der Waals surface area contributed by atoms with Gasteiger partial charge >= 0.3 is 6.03 Å². The van der Waals surface area contributed by atoms with E-state index < -0.39 is 0 Å². The van der Waals surface area contributed by atoms with Crippen LogP contribution in [0.2, 0.25) is 0 Å². The molecule has 1 aliphatic heterocycles. The monoisotopic (exact) mass is 520 g/mol. The fourth-order valence-electron chi connectivity index (χ4n) is 4.99. The first kappa shape index (κ1) is 24.9. The number of benzene rings is 2. The minimum atomic E-state index is -0.289. The number of carbonyl (C=O) groups is 1. The average molecular weight is 521 g/mol. The zero-order valence-electron chi connectivity index (χ0n) is 22.0.